The fourth-order valence-corrected chi connectivity index (χ4v) is 3.46. The van der Waals surface area contributed by atoms with Gasteiger partial charge in [0.1, 0.15) is 0 Å². The lowest BCUT2D eigenvalue weighted by molar-refractivity contribution is 0.867. The second kappa shape index (κ2) is 12.9. The van der Waals surface area contributed by atoms with E-state index in [9.17, 15) is 0 Å². The van der Waals surface area contributed by atoms with E-state index in [1.165, 1.54) is 51.9 Å². The molecule has 0 aromatic heterocycles. The first-order valence-corrected chi connectivity index (χ1v) is 11.7. The third kappa shape index (κ3) is 7.83. The highest BCUT2D eigenvalue weighted by molar-refractivity contribution is 6.02. The number of rotatable bonds is 3. The lowest BCUT2D eigenvalue weighted by Gasteiger charge is -2.07. The Morgan fingerprint density at radius 3 is 1.81 bits per heavy atom. The van der Waals surface area contributed by atoms with Gasteiger partial charge in [-0.1, -0.05) is 112 Å². The highest BCUT2D eigenvalue weighted by atomic mass is 14.8. The van der Waals surface area contributed by atoms with Crippen LogP contribution in [-0.4, -0.2) is 12.3 Å². The van der Waals surface area contributed by atoms with E-state index in [-0.39, 0.29) is 0 Å². The van der Waals surface area contributed by atoms with Gasteiger partial charge in [-0.25, -0.2) is 0 Å². The molecule has 1 aliphatic rings. The molecule has 0 spiro atoms. The Morgan fingerprint density at radius 2 is 1.32 bits per heavy atom. The molecule has 0 aliphatic carbocycles. The van der Waals surface area contributed by atoms with Crippen molar-refractivity contribution in [1.29, 1.82) is 0 Å². The van der Waals surface area contributed by atoms with Crippen LogP contribution in [0.4, 0.5) is 0 Å². The SMILES string of the molecule is CCC.Cc1ccc(-c2ccc(C(C)C)cc2)cc1.Cc1ccccc1C1=NCCC1. The van der Waals surface area contributed by atoms with Gasteiger partial charge in [0.2, 0.25) is 0 Å². The van der Waals surface area contributed by atoms with Crippen molar-refractivity contribution in [1.82, 2.24) is 0 Å². The van der Waals surface area contributed by atoms with E-state index in [2.05, 4.69) is 119 Å². The smallest absolute Gasteiger partial charge is 0.0423 e. The molecule has 1 heterocycles. The number of aryl methyl sites for hydroxylation is 2. The van der Waals surface area contributed by atoms with Crippen LogP contribution in [0.1, 0.15) is 75.1 Å². The minimum Gasteiger partial charge on any atom is -0.289 e. The van der Waals surface area contributed by atoms with Gasteiger partial charge >= 0.3 is 0 Å². The number of hydrogen-bond acceptors (Lipinski definition) is 1. The third-order valence-electron chi connectivity index (χ3n) is 5.29. The van der Waals surface area contributed by atoms with E-state index in [4.69, 9.17) is 0 Å². The molecule has 0 saturated heterocycles. The number of hydrogen-bond donors (Lipinski definition) is 0. The molecule has 4 rings (SSSR count). The zero-order valence-electron chi connectivity index (χ0n) is 20.3. The summed E-state index contributed by atoms with van der Waals surface area (Å²) in [5.74, 6) is 0.604. The Morgan fingerprint density at radius 1 is 0.774 bits per heavy atom. The monoisotopic (exact) mass is 413 g/mol. The van der Waals surface area contributed by atoms with Crippen molar-refractivity contribution in [2.24, 2.45) is 4.99 Å². The fourth-order valence-electron chi connectivity index (χ4n) is 3.46. The first-order chi connectivity index (χ1) is 15.0. The second-order valence-electron chi connectivity index (χ2n) is 8.60. The lowest BCUT2D eigenvalue weighted by Crippen LogP contribution is -1.98. The molecule has 0 atom stereocenters. The molecule has 3 aromatic carbocycles. The van der Waals surface area contributed by atoms with Crippen LogP contribution >= 0.6 is 0 Å². The minimum absolute atomic E-state index is 0.604. The van der Waals surface area contributed by atoms with Crippen LogP contribution in [0.15, 0.2) is 77.8 Å². The summed E-state index contributed by atoms with van der Waals surface area (Å²) in [6, 6.07) is 26.0. The third-order valence-corrected chi connectivity index (χ3v) is 5.29. The summed E-state index contributed by atoms with van der Waals surface area (Å²) in [4.78, 5) is 4.48. The molecule has 1 nitrogen and oxygen atoms in total. The zero-order chi connectivity index (χ0) is 22.6. The average Bonchev–Trinajstić information content (AvgIpc) is 3.30. The first kappa shape index (κ1) is 24.6. The molecule has 0 N–H and O–H groups in total. The summed E-state index contributed by atoms with van der Waals surface area (Å²) in [5.41, 5.74) is 9.28. The number of benzene rings is 3. The molecule has 0 saturated carbocycles. The predicted molar refractivity (Wildman–Crippen MR) is 138 cm³/mol. The van der Waals surface area contributed by atoms with Crippen LogP contribution < -0.4 is 0 Å². The largest absolute Gasteiger partial charge is 0.289 e. The number of aliphatic imine (C=N–C) groups is 1. The van der Waals surface area contributed by atoms with Gasteiger partial charge in [0.25, 0.3) is 0 Å². The van der Waals surface area contributed by atoms with Crippen molar-refractivity contribution in [3.05, 3.63) is 95.1 Å². The summed E-state index contributed by atoms with van der Waals surface area (Å²) >= 11 is 0. The topological polar surface area (TPSA) is 12.4 Å². The maximum atomic E-state index is 4.48. The van der Waals surface area contributed by atoms with E-state index in [1.807, 2.05) is 0 Å². The molecule has 0 bridgehead atoms. The van der Waals surface area contributed by atoms with Gasteiger partial charge in [-0.2, -0.15) is 0 Å². The Labute approximate surface area is 190 Å². The van der Waals surface area contributed by atoms with Gasteiger partial charge < -0.3 is 0 Å². The molecule has 0 unspecified atom stereocenters. The normalized spacial score (nSPS) is 12.4. The van der Waals surface area contributed by atoms with Crippen molar-refractivity contribution in [3.63, 3.8) is 0 Å². The van der Waals surface area contributed by atoms with Crippen molar-refractivity contribution in [3.8, 4) is 11.1 Å². The van der Waals surface area contributed by atoms with Crippen LogP contribution in [0, 0.1) is 13.8 Å². The molecule has 0 radical (unpaired) electrons. The molecule has 31 heavy (non-hydrogen) atoms. The molecule has 0 fully saturated rings. The summed E-state index contributed by atoms with van der Waals surface area (Å²) in [6.45, 7) is 14.0. The minimum atomic E-state index is 0.604. The molecular weight excluding hydrogens is 374 g/mol. The highest BCUT2D eigenvalue weighted by Crippen LogP contribution is 2.22. The van der Waals surface area contributed by atoms with Gasteiger partial charge in [0.05, 0.1) is 0 Å². The van der Waals surface area contributed by atoms with Crippen LogP contribution in [0.3, 0.4) is 0 Å². The average molecular weight is 414 g/mol. The summed E-state index contributed by atoms with van der Waals surface area (Å²) in [7, 11) is 0. The molecule has 164 valence electrons. The van der Waals surface area contributed by atoms with Gasteiger partial charge in [0, 0.05) is 12.3 Å². The maximum absolute atomic E-state index is 4.48. The molecule has 1 heteroatoms. The molecule has 3 aromatic rings. The van der Waals surface area contributed by atoms with Crippen LogP contribution in [-0.2, 0) is 0 Å². The molecule has 1 aliphatic heterocycles. The Balaban J connectivity index is 0.000000201. The quantitative estimate of drug-likeness (QED) is 0.407. The van der Waals surface area contributed by atoms with Crippen molar-refractivity contribution >= 4 is 5.71 Å². The fraction of sp³-hybridized carbons (Fsp3) is 0.367. The first-order valence-electron chi connectivity index (χ1n) is 11.7. The van der Waals surface area contributed by atoms with Crippen molar-refractivity contribution in [2.75, 3.05) is 6.54 Å². The summed E-state index contributed by atoms with van der Waals surface area (Å²) in [5, 5.41) is 0. The Kier molecular flexibility index (Phi) is 10.2. The van der Waals surface area contributed by atoms with E-state index in [0.717, 1.165) is 13.0 Å². The van der Waals surface area contributed by atoms with E-state index in [1.54, 1.807) is 0 Å². The highest BCUT2D eigenvalue weighted by Gasteiger charge is 2.09. The van der Waals surface area contributed by atoms with Crippen molar-refractivity contribution < 1.29 is 0 Å². The van der Waals surface area contributed by atoms with E-state index < -0.39 is 0 Å². The summed E-state index contributed by atoms with van der Waals surface area (Å²) in [6.07, 6.45) is 3.63. The van der Waals surface area contributed by atoms with E-state index >= 15 is 0 Å². The Hall–Kier alpha value is -2.67. The van der Waals surface area contributed by atoms with Crippen molar-refractivity contribution in [2.45, 2.75) is 66.7 Å². The van der Waals surface area contributed by atoms with Gasteiger partial charge in [0.15, 0.2) is 0 Å². The summed E-state index contributed by atoms with van der Waals surface area (Å²) < 4.78 is 0. The maximum Gasteiger partial charge on any atom is 0.0423 e. The van der Waals surface area contributed by atoms with Crippen LogP contribution in [0.5, 0.6) is 0 Å². The predicted octanol–water partition coefficient (Wildman–Crippen LogP) is 8.78. The standard InChI is InChI=1S/C16H18.C11H13N.C3H8/c1-12(2)14-8-10-16(11-9-14)15-6-4-13(3)5-7-15;1-9-5-2-3-6-10(9)11-7-4-8-12-11;1-3-2/h4-12H,1-3H3;2-3,5-6H,4,7-8H2,1H3;3H2,1-2H3. The second-order valence-corrected chi connectivity index (χ2v) is 8.60. The van der Waals surface area contributed by atoms with Gasteiger partial charge in [-0.05, 0) is 60.4 Å². The molecular formula is C30H39N. The Bertz CT molecular complexity index is 931. The van der Waals surface area contributed by atoms with Gasteiger partial charge in [-0.15, -0.1) is 0 Å². The van der Waals surface area contributed by atoms with Gasteiger partial charge in [-0.3, -0.25) is 4.99 Å². The van der Waals surface area contributed by atoms with E-state index in [0.29, 0.717) is 5.92 Å². The van der Waals surface area contributed by atoms with Crippen LogP contribution in [0.25, 0.3) is 11.1 Å². The lowest BCUT2D eigenvalue weighted by atomic mass is 9.98. The van der Waals surface area contributed by atoms with Crippen LogP contribution in [0.2, 0.25) is 0 Å². The number of nitrogens with zero attached hydrogens (tertiary/aromatic N) is 1. The zero-order valence-corrected chi connectivity index (χ0v) is 20.3. The molecule has 0 amide bonds.